The van der Waals surface area contributed by atoms with Crippen LogP contribution in [0.1, 0.15) is 0 Å². The number of nitrogens with one attached hydrogen (secondary N) is 2. The smallest absolute Gasteiger partial charge is 0.00772 e. The number of hydrogen-bond acceptors (Lipinski definition) is 4. The summed E-state index contributed by atoms with van der Waals surface area (Å²) in [4.78, 5) is 0. The van der Waals surface area contributed by atoms with Gasteiger partial charge in [-0.25, -0.2) is 0 Å². The molecule has 4 nitrogen and oxygen atoms in total. The summed E-state index contributed by atoms with van der Waals surface area (Å²) in [5, 5.41) is 6.33. The van der Waals surface area contributed by atoms with Crippen molar-refractivity contribution in [2.45, 2.75) is 0 Å². The first-order chi connectivity index (χ1) is 7.91. The molecule has 0 amide bonds. The van der Waals surface area contributed by atoms with Gasteiger partial charge in [-0.15, -0.1) is 39.5 Å². The van der Waals surface area contributed by atoms with Crippen molar-refractivity contribution in [1.82, 2.24) is 10.6 Å². The highest BCUT2D eigenvalue weighted by Crippen LogP contribution is 1.57. The Labute approximate surface area is 101 Å². The second-order valence-electron chi connectivity index (χ2n) is 2.08. The van der Waals surface area contributed by atoms with Gasteiger partial charge < -0.3 is 22.1 Å². The Bertz CT molecular complexity index is 76.3. The van der Waals surface area contributed by atoms with Crippen molar-refractivity contribution < 1.29 is 0 Å². The second kappa shape index (κ2) is 48.1. The van der Waals surface area contributed by atoms with Crippen molar-refractivity contribution in [3.63, 3.8) is 0 Å². The molecular formula is C12H30N4. The highest BCUT2D eigenvalue weighted by atomic mass is 14.9. The maximum atomic E-state index is 5.27. The molecule has 4 heteroatoms. The first kappa shape index (κ1) is 24.3. The third kappa shape index (κ3) is 51.7. The lowest BCUT2D eigenvalue weighted by Gasteiger charge is -2.03. The van der Waals surface area contributed by atoms with Crippen molar-refractivity contribution in [3.05, 3.63) is 39.5 Å². The van der Waals surface area contributed by atoms with E-state index in [1.165, 1.54) is 0 Å². The maximum Gasteiger partial charge on any atom is 0.00772 e. The van der Waals surface area contributed by atoms with E-state index in [1.54, 1.807) is 0 Å². The van der Waals surface area contributed by atoms with Gasteiger partial charge in [0.2, 0.25) is 0 Å². The third-order valence-electron chi connectivity index (χ3n) is 1.12. The van der Waals surface area contributed by atoms with E-state index in [2.05, 4.69) is 50.1 Å². The van der Waals surface area contributed by atoms with Gasteiger partial charge in [0.25, 0.3) is 0 Å². The van der Waals surface area contributed by atoms with Gasteiger partial charge in [-0.2, -0.15) is 0 Å². The van der Waals surface area contributed by atoms with Crippen molar-refractivity contribution >= 4 is 0 Å². The fourth-order valence-corrected chi connectivity index (χ4v) is 0.631. The Morgan fingerprint density at radius 2 is 0.812 bits per heavy atom. The van der Waals surface area contributed by atoms with Gasteiger partial charge in [0.15, 0.2) is 0 Å². The number of nitrogens with two attached hydrogens (primary N) is 2. The lowest BCUT2D eigenvalue weighted by atomic mass is 10.5. The zero-order chi connectivity index (χ0) is 13.7. The molecule has 0 aromatic carbocycles. The summed E-state index contributed by atoms with van der Waals surface area (Å²) in [6.07, 6.45) is 0. The first-order valence-corrected chi connectivity index (χ1v) is 5.23. The minimum absolute atomic E-state index is 0.705. The SMILES string of the molecule is C=C.C=C.C=C.NCCNCCNCCN. The van der Waals surface area contributed by atoms with Gasteiger partial charge in [-0.1, -0.05) is 0 Å². The summed E-state index contributed by atoms with van der Waals surface area (Å²) in [5.41, 5.74) is 10.5. The molecule has 0 saturated heterocycles. The number of rotatable bonds is 7. The average molecular weight is 230 g/mol. The van der Waals surface area contributed by atoms with E-state index in [-0.39, 0.29) is 0 Å². The lowest BCUT2D eigenvalue weighted by Crippen LogP contribution is -2.32. The van der Waals surface area contributed by atoms with Crippen LogP contribution in [0.3, 0.4) is 0 Å². The van der Waals surface area contributed by atoms with E-state index in [0.717, 1.165) is 26.2 Å². The average Bonchev–Trinajstić information content (AvgIpc) is 2.41. The summed E-state index contributed by atoms with van der Waals surface area (Å²) >= 11 is 0. The Kier molecular flexibility index (Phi) is 73.2. The molecule has 0 radical (unpaired) electrons. The molecule has 0 rings (SSSR count). The van der Waals surface area contributed by atoms with Crippen molar-refractivity contribution in [1.29, 1.82) is 0 Å². The van der Waals surface area contributed by atoms with Crippen molar-refractivity contribution in [2.24, 2.45) is 11.5 Å². The Balaban J connectivity index is -0.000000103. The van der Waals surface area contributed by atoms with E-state index >= 15 is 0 Å². The molecule has 0 aliphatic heterocycles. The minimum atomic E-state index is 0.705. The Hall–Kier alpha value is -0.940. The van der Waals surface area contributed by atoms with E-state index in [9.17, 15) is 0 Å². The molecule has 0 bridgehead atoms. The summed E-state index contributed by atoms with van der Waals surface area (Å²) < 4.78 is 0. The molecule has 0 heterocycles. The molecule has 0 atom stereocenters. The Morgan fingerprint density at radius 1 is 0.562 bits per heavy atom. The van der Waals surface area contributed by atoms with Gasteiger partial charge in [0.1, 0.15) is 0 Å². The van der Waals surface area contributed by atoms with Gasteiger partial charge in [0, 0.05) is 39.3 Å². The normalized spacial score (nSPS) is 7.12. The van der Waals surface area contributed by atoms with Crippen LogP contribution in [-0.2, 0) is 0 Å². The van der Waals surface area contributed by atoms with Crippen molar-refractivity contribution in [2.75, 3.05) is 39.3 Å². The van der Waals surface area contributed by atoms with E-state index in [1.807, 2.05) is 0 Å². The molecule has 16 heavy (non-hydrogen) atoms. The zero-order valence-electron chi connectivity index (χ0n) is 10.6. The molecule has 0 aliphatic rings. The summed E-state index contributed by atoms with van der Waals surface area (Å²) in [6, 6.07) is 0. The van der Waals surface area contributed by atoms with Crippen LogP contribution in [0.5, 0.6) is 0 Å². The molecule has 0 aromatic heterocycles. The molecule has 6 N–H and O–H groups in total. The minimum Gasteiger partial charge on any atom is -0.329 e. The van der Waals surface area contributed by atoms with Crippen LogP contribution in [0.2, 0.25) is 0 Å². The largest absolute Gasteiger partial charge is 0.329 e. The molecule has 98 valence electrons. The first-order valence-electron chi connectivity index (χ1n) is 5.23. The van der Waals surface area contributed by atoms with E-state index in [4.69, 9.17) is 11.5 Å². The summed E-state index contributed by atoms with van der Waals surface area (Å²) in [5.74, 6) is 0. The number of hydrogen-bond donors (Lipinski definition) is 4. The van der Waals surface area contributed by atoms with Crippen LogP contribution in [0.4, 0.5) is 0 Å². The molecule has 0 aliphatic carbocycles. The third-order valence-corrected chi connectivity index (χ3v) is 1.12. The molecule has 0 spiro atoms. The predicted molar refractivity (Wildman–Crippen MR) is 77.6 cm³/mol. The highest BCUT2D eigenvalue weighted by molar-refractivity contribution is 4.51. The molecule has 0 fully saturated rings. The maximum absolute atomic E-state index is 5.27. The lowest BCUT2D eigenvalue weighted by molar-refractivity contribution is 0.618. The standard InChI is InChI=1S/C6H18N4.3C2H4/c7-1-3-9-5-6-10-4-2-8;3*1-2/h9-10H,1-8H2;3*1-2H2. The quantitative estimate of drug-likeness (QED) is 0.379. The van der Waals surface area contributed by atoms with Crippen LogP contribution in [0, 0.1) is 0 Å². The Morgan fingerprint density at radius 3 is 1.00 bits per heavy atom. The van der Waals surface area contributed by atoms with Gasteiger partial charge in [0.05, 0.1) is 0 Å². The van der Waals surface area contributed by atoms with Crippen LogP contribution in [-0.4, -0.2) is 39.3 Å². The summed E-state index contributed by atoms with van der Waals surface area (Å²) in [6.45, 7) is 23.1. The van der Waals surface area contributed by atoms with Crippen LogP contribution < -0.4 is 22.1 Å². The van der Waals surface area contributed by atoms with E-state index < -0.39 is 0 Å². The van der Waals surface area contributed by atoms with Crippen LogP contribution in [0.25, 0.3) is 0 Å². The second-order valence-corrected chi connectivity index (χ2v) is 2.08. The monoisotopic (exact) mass is 230 g/mol. The fraction of sp³-hybridized carbons (Fsp3) is 0.500. The molecule has 0 unspecified atom stereocenters. The van der Waals surface area contributed by atoms with E-state index in [0.29, 0.717) is 13.1 Å². The molecule has 0 saturated carbocycles. The summed E-state index contributed by atoms with van der Waals surface area (Å²) in [7, 11) is 0. The topological polar surface area (TPSA) is 76.1 Å². The van der Waals surface area contributed by atoms with Crippen molar-refractivity contribution in [3.8, 4) is 0 Å². The predicted octanol–water partition coefficient (Wildman–Crippen LogP) is 0.490. The fourth-order valence-electron chi connectivity index (χ4n) is 0.631. The van der Waals surface area contributed by atoms with Crippen LogP contribution in [0.15, 0.2) is 39.5 Å². The van der Waals surface area contributed by atoms with Gasteiger partial charge in [-0.3, -0.25) is 0 Å². The van der Waals surface area contributed by atoms with Gasteiger partial charge in [-0.05, 0) is 0 Å². The molecule has 0 aromatic rings. The highest BCUT2D eigenvalue weighted by Gasteiger charge is 1.83. The van der Waals surface area contributed by atoms with Gasteiger partial charge >= 0.3 is 0 Å². The molecular weight excluding hydrogens is 200 g/mol. The zero-order valence-corrected chi connectivity index (χ0v) is 10.6. The van der Waals surface area contributed by atoms with Crippen LogP contribution >= 0.6 is 0 Å².